The Morgan fingerprint density at radius 3 is 2.55 bits per heavy atom. The molecule has 2 aromatic rings. The molecule has 1 heterocycles. The Balaban J connectivity index is 2.10. The van der Waals surface area contributed by atoms with Crippen molar-refractivity contribution in [1.29, 1.82) is 0 Å². The van der Waals surface area contributed by atoms with Gasteiger partial charge < -0.3 is 19.7 Å². The molecule has 0 bridgehead atoms. The highest BCUT2D eigenvalue weighted by atomic mass is 32.2. The van der Waals surface area contributed by atoms with Crippen LogP contribution in [0.2, 0.25) is 0 Å². The smallest absolute Gasteiger partial charge is 0.349 e. The summed E-state index contributed by atoms with van der Waals surface area (Å²) in [6.07, 6.45) is 2.39. The number of amides is 1. The molecule has 0 radical (unpaired) electrons. The fourth-order valence-corrected chi connectivity index (χ4v) is 3.43. The highest BCUT2D eigenvalue weighted by Gasteiger charge is 2.15. The topological polar surface area (TPSA) is 154 Å². The fourth-order valence-electron chi connectivity index (χ4n) is 3.07. The first-order valence-corrected chi connectivity index (χ1v) is 11.5. The molecule has 0 atom stereocenters. The summed E-state index contributed by atoms with van der Waals surface area (Å²) in [6, 6.07) is 6.63. The number of carbonyl (C=O) groups excluding carboxylic acids is 1. The Bertz CT molecular complexity index is 1090. The van der Waals surface area contributed by atoms with Crippen LogP contribution < -0.4 is 15.8 Å². The number of unbranched alkanes of at least 4 members (excludes halogenated alkanes) is 2. The number of fused-ring (bicyclic) bond motifs is 1. The summed E-state index contributed by atoms with van der Waals surface area (Å²) in [5.74, 6) is -2.26. The van der Waals surface area contributed by atoms with Crippen molar-refractivity contribution < 1.29 is 32.1 Å². The number of rotatable bonds is 12. The third kappa shape index (κ3) is 7.68. The summed E-state index contributed by atoms with van der Waals surface area (Å²) in [5.41, 5.74) is 0.0233. The summed E-state index contributed by atoms with van der Waals surface area (Å²) in [7, 11) is -4.22. The van der Waals surface area contributed by atoms with E-state index < -0.39 is 33.4 Å². The van der Waals surface area contributed by atoms with Crippen molar-refractivity contribution in [3.8, 4) is 0 Å². The lowest BCUT2D eigenvalue weighted by Gasteiger charge is -2.23. The Morgan fingerprint density at radius 1 is 1.16 bits per heavy atom. The third-order valence-corrected chi connectivity index (χ3v) is 5.40. The summed E-state index contributed by atoms with van der Waals surface area (Å²) in [4.78, 5) is 37.0. The van der Waals surface area contributed by atoms with E-state index in [4.69, 9.17) is 14.1 Å². The minimum atomic E-state index is -4.22. The maximum absolute atomic E-state index is 12.2. The van der Waals surface area contributed by atoms with Crippen LogP contribution in [-0.2, 0) is 14.9 Å². The monoisotopic (exact) mass is 454 g/mol. The maximum atomic E-state index is 12.2. The van der Waals surface area contributed by atoms with Gasteiger partial charge in [0.05, 0.1) is 5.75 Å². The van der Waals surface area contributed by atoms with Gasteiger partial charge in [0.1, 0.15) is 11.1 Å². The quantitative estimate of drug-likeness (QED) is 0.248. The van der Waals surface area contributed by atoms with Crippen molar-refractivity contribution in [2.24, 2.45) is 0 Å². The predicted molar refractivity (Wildman–Crippen MR) is 115 cm³/mol. The number of anilines is 1. The molecule has 3 N–H and O–H groups in total. The van der Waals surface area contributed by atoms with Gasteiger partial charge in [0.25, 0.3) is 16.0 Å². The van der Waals surface area contributed by atoms with Gasteiger partial charge in [-0.15, -0.1) is 0 Å². The molecule has 0 aliphatic carbocycles. The van der Waals surface area contributed by atoms with Crippen LogP contribution >= 0.6 is 0 Å². The van der Waals surface area contributed by atoms with Gasteiger partial charge in [-0.25, -0.2) is 4.79 Å². The second-order valence-corrected chi connectivity index (χ2v) is 8.57. The van der Waals surface area contributed by atoms with E-state index in [0.29, 0.717) is 23.9 Å². The molecule has 1 aromatic heterocycles. The molecule has 0 aliphatic heterocycles. The normalized spacial score (nSPS) is 11.4. The molecular weight excluding hydrogens is 428 g/mol. The van der Waals surface area contributed by atoms with Gasteiger partial charge in [0, 0.05) is 43.2 Å². The number of benzene rings is 1. The van der Waals surface area contributed by atoms with E-state index in [9.17, 15) is 22.8 Å². The minimum absolute atomic E-state index is 0.152. The van der Waals surface area contributed by atoms with Crippen LogP contribution in [0.4, 0.5) is 5.69 Å². The van der Waals surface area contributed by atoms with E-state index in [1.807, 2.05) is 13.0 Å². The Kier molecular flexibility index (Phi) is 8.57. The number of carbonyl (C=O) groups is 2. The Hall–Kier alpha value is -2.92. The summed E-state index contributed by atoms with van der Waals surface area (Å²) >= 11 is 0. The van der Waals surface area contributed by atoms with Crippen LogP contribution in [-0.4, -0.2) is 55.3 Å². The number of carboxylic acid groups (broad SMARTS) is 1. The first kappa shape index (κ1) is 24.4. The molecule has 10 nitrogen and oxygen atoms in total. The first-order chi connectivity index (χ1) is 14.6. The lowest BCUT2D eigenvalue weighted by Crippen LogP contribution is -2.32. The summed E-state index contributed by atoms with van der Waals surface area (Å²) < 4.78 is 35.4. The molecule has 2 rings (SSSR count). The SMILES string of the molecule is CCN(CCCCCC(=O)O)c1ccc2cc(C(=O)NCCS(=O)(=O)O)c(=O)oc2c1. The molecule has 0 aliphatic rings. The molecule has 11 heteroatoms. The van der Waals surface area contributed by atoms with Gasteiger partial charge in [0.2, 0.25) is 0 Å². The van der Waals surface area contributed by atoms with E-state index in [2.05, 4.69) is 10.2 Å². The molecular formula is C20H26N2O8S. The standard InChI is InChI=1S/C20H26N2O8S/c1-2-22(10-5-3-4-6-18(23)24)15-8-7-14-12-16(20(26)30-17(14)13-15)19(25)21-9-11-31(27,28)29/h7-8,12-13H,2-6,9-11H2,1H3,(H,21,25)(H,23,24)(H,27,28,29). The molecule has 31 heavy (non-hydrogen) atoms. The number of hydrogen-bond donors (Lipinski definition) is 3. The predicted octanol–water partition coefficient (Wildman–Crippen LogP) is 1.88. The van der Waals surface area contributed by atoms with Crippen LogP contribution in [0.1, 0.15) is 43.0 Å². The zero-order valence-corrected chi connectivity index (χ0v) is 18.0. The van der Waals surface area contributed by atoms with Crippen LogP contribution in [0.15, 0.2) is 33.5 Å². The van der Waals surface area contributed by atoms with Gasteiger partial charge >= 0.3 is 11.6 Å². The minimum Gasteiger partial charge on any atom is -0.481 e. The second-order valence-electron chi connectivity index (χ2n) is 7.00. The number of carboxylic acids is 1. The molecule has 1 amide bonds. The van der Waals surface area contributed by atoms with Gasteiger partial charge in [-0.1, -0.05) is 6.42 Å². The van der Waals surface area contributed by atoms with Gasteiger partial charge in [-0.2, -0.15) is 8.42 Å². The molecule has 1 aromatic carbocycles. The largest absolute Gasteiger partial charge is 0.481 e. The van der Waals surface area contributed by atoms with E-state index in [-0.39, 0.29) is 18.5 Å². The van der Waals surface area contributed by atoms with Crippen molar-refractivity contribution >= 4 is 38.7 Å². The van der Waals surface area contributed by atoms with Crippen molar-refractivity contribution in [3.63, 3.8) is 0 Å². The molecule has 0 saturated carbocycles. The Morgan fingerprint density at radius 2 is 1.90 bits per heavy atom. The van der Waals surface area contributed by atoms with E-state index in [1.165, 1.54) is 6.07 Å². The molecule has 0 unspecified atom stereocenters. The Labute approximate surface area is 179 Å². The summed E-state index contributed by atoms with van der Waals surface area (Å²) in [5, 5.41) is 11.5. The van der Waals surface area contributed by atoms with Crippen molar-refractivity contribution in [1.82, 2.24) is 5.32 Å². The van der Waals surface area contributed by atoms with Gasteiger partial charge in [0.15, 0.2) is 0 Å². The molecule has 170 valence electrons. The highest BCUT2D eigenvalue weighted by Crippen LogP contribution is 2.22. The summed E-state index contributed by atoms with van der Waals surface area (Å²) in [6.45, 7) is 3.08. The molecule has 0 fully saturated rings. The van der Waals surface area contributed by atoms with Crippen LogP contribution in [0.5, 0.6) is 0 Å². The van der Waals surface area contributed by atoms with Gasteiger partial charge in [-0.05, 0) is 38.0 Å². The zero-order valence-electron chi connectivity index (χ0n) is 17.2. The lowest BCUT2D eigenvalue weighted by molar-refractivity contribution is -0.137. The van der Waals surface area contributed by atoms with Crippen LogP contribution in [0.3, 0.4) is 0 Å². The average Bonchev–Trinajstić information content (AvgIpc) is 2.68. The zero-order chi connectivity index (χ0) is 23.0. The maximum Gasteiger partial charge on any atom is 0.349 e. The van der Waals surface area contributed by atoms with E-state index in [0.717, 1.165) is 25.1 Å². The van der Waals surface area contributed by atoms with Gasteiger partial charge in [-0.3, -0.25) is 14.1 Å². The number of nitrogens with one attached hydrogen (secondary N) is 1. The average molecular weight is 455 g/mol. The second kappa shape index (κ2) is 10.9. The first-order valence-electron chi connectivity index (χ1n) is 9.88. The van der Waals surface area contributed by atoms with E-state index in [1.54, 1.807) is 12.1 Å². The van der Waals surface area contributed by atoms with Crippen LogP contribution in [0.25, 0.3) is 11.0 Å². The third-order valence-electron chi connectivity index (χ3n) is 4.68. The highest BCUT2D eigenvalue weighted by molar-refractivity contribution is 7.85. The molecule has 0 saturated heterocycles. The van der Waals surface area contributed by atoms with Crippen molar-refractivity contribution in [2.45, 2.75) is 32.6 Å². The van der Waals surface area contributed by atoms with Crippen LogP contribution in [0, 0.1) is 0 Å². The number of hydrogen-bond acceptors (Lipinski definition) is 7. The fraction of sp³-hybridized carbons (Fsp3) is 0.450. The van der Waals surface area contributed by atoms with Crippen molar-refractivity contribution in [2.75, 3.05) is 30.3 Å². The number of nitrogens with zero attached hydrogens (tertiary/aromatic N) is 1. The van der Waals surface area contributed by atoms with E-state index >= 15 is 0 Å². The lowest BCUT2D eigenvalue weighted by atomic mass is 10.1. The van der Waals surface area contributed by atoms with Crippen molar-refractivity contribution in [3.05, 3.63) is 40.2 Å². The molecule has 0 spiro atoms. The number of aliphatic carboxylic acids is 1.